The van der Waals surface area contributed by atoms with Gasteiger partial charge >= 0.3 is 0 Å². The lowest BCUT2D eigenvalue weighted by Crippen LogP contribution is -2.34. The van der Waals surface area contributed by atoms with E-state index < -0.39 is 0 Å². The highest BCUT2D eigenvalue weighted by Crippen LogP contribution is 2.10. The Bertz CT molecular complexity index is 376. The third-order valence-electron chi connectivity index (χ3n) is 3.21. The molecule has 0 heterocycles. The first-order chi connectivity index (χ1) is 9.15. The van der Waals surface area contributed by atoms with E-state index in [4.69, 9.17) is 0 Å². The van der Waals surface area contributed by atoms with E-state index in [0.29, 0.717) is 6.42 Å². The Balaban J connectivity index is 0. The summed E-state index contributed by atoms with van der Waals surface area (Å²) >= 11 is 0. The van der Waals surface area contributed by atoms with Crippen molar-refractivity contribution in [1.82, 2.24) is 10.2 Å². The Kier molecular flexibility index (Phi) is 13.5. The van der Waals surface area contributed by atoms with E-state index in [1.54, 1.807) is 0 Å². The summed E-state index contributed by atoms with van der Waals surface area (Å²) < 4.78 is 0. The normalized spacial score (nSPS) is 9.29. The van der Waals surface area contributed by atoms with Gasteiger partial charge in [-0.2, -0.15) is 0 Å². The van der Waals surface area contributed by atoms with Gasteiger partial charge in [0, 0.05) is 39.3 Å². The fraction of sp³-hybridized carbons (Fsp3) is 0.533. The Labute approximate surface area is 140 Å². The molecule has 1 aromatic carbocycles. The standard InChI is InChI=1S/C15H25N3O.2ClH/c1-16-11-7-10-15(19)18(3)13-12-17(2)14-8-5-4-6-9-14;;/h4-6,8-9,16H,7,10-13H2,1-3H3;2*1H. The number of rotatable bonds is 8. The topological polar surface area (TPSA) is 35.6 Å². The van der Waals surface area contributed by atoms with Crippen LogP contribution in [0.2, 0.25) is 0 Å². The maximum atomic E-state index is 11.8. The summed E-state index contributed by atoms with van der Waals surface area (Å²) in [6.07, 6.45) is 1.51. The first kappa shape index (κ1) is 22.3. The lowest BCUT2D eigenvalue weighted by molar-refractivity contribution is -0.129. The molecule has 1 rings (SSSR count). The van der Waals surface area contributed by atoms with Crippen LogP contribution >= 0.6 is 24.8 Å². The van der Waals surface area contributed by atoms with Crippen LogP contribution in [0.3, 0.4) is 0 Å². The molecule has 0 saturated heterocycles. The zero-order valence-electron chi connectivity index (χ0n) is 13.0. The second kappa shape index (κ2) is 12.7. The number of likely N-dealkylation sites (N-methyl/N-ethyl adjacent to an activating group) is 2. The SMILES string of the molecule is CNCCCC(=O)N(C)CCN(C)c1ccccc1.Cl.Cl. The number of hydrogen-bond donors (Lipinski definition) is 1. The second-order valence-electron chi connectivity index (χ2n) is 4.78. The molecule has 0 radical (unpaired) electrons. The number of carbonyl (C=O) groups is 1. The minimum Gasteiger partial charge on any atom is -0.373 e. The van der Waals surface area contributed by atoms with Gasteiger partial charge in [-0.1, -0.05) is 18.2 Å². The van der Waals surface area contributed by atoms with Crippen LogP contribution in [0.15, 0.2) is 30.3 Å². The number of para-hydroxylation sites is 1. The Morgan fingerprint density at radius 3 is 2.29 bits per heavy atom. The van der Waals surface area contributed by atoms with Crippen molar-refractivity contribution < 1.29 is 4.79 Å². The summed E-state index contributed by atoms with van der Waals surface area (Å²) in [5.41, 5.74) is 1.18. The van der Waals surface area contributed by atoms with Crippen molar-refractivity contribution in [3.05, 3.63) is 30.3 Å². The van der Waals surface area contributed by atoms with E-state index in [1.807, 2.05) is 37.2 Å². The molecule has 4 nitrogen and oxygen atoms in total. The number of carbonyl (C=O) groups excluding carboxylic acids is 1. The number of halogens is 2. The molecule has 6 heteroatoms. The third kappa shape index (κ3) is 8.81. The molecule has 0 spiro atoms. The molecule has 0 aliphatic carbocycles. The molecular weight excluding hydrogens is 309 g/mol. The van der Waals surface area contributed by atoms with E-state index in [1.165, 1.54) is 5.69 Å². The van der Waals surface area contributed by atoms with Gasteiger partial charge in [-0.05, 0) is 32.1 Å². The van der Waals surface area contributed by atoms with Crippen LogP contribution in [0.25, 0.3) is 0 Å². The summed E-state index contributed by atoms with van der Waals surface area (Å²) in [7, 11) is 5.83. The van der Waals surface area contributed by atoms with Crippen LogP contribution in [0.4, 0.5) is 5.69 Å². The Morgan fingerprint density at radius 1 is 1.10 bits per heavy atom. The van der Waals surface area contributed by atoms with E-state index >= 15 is 0 Å². The molecule has 0 aliphatic heterocycles. The molecule has 1 N–H and O–H groups in total. The van der Waals surface area contributed by atoms with Crippen LogP contribution < -0.4 is 10.2 Å². The van der Waals surface area contributed by atoms with Crippen molar-refractivity contribution >= 4 is 36.4 Å². The third-order valence-corrected chi connectivity index (χ3v) is 3.21. The van der Waals surface area contributed by atoms with Crippen molar-refractivity contribution in [1.29, 1.82) is 0 Å². The fourth-order valence-electron chi connectivity index (χ4n) is 1.84. The molecule has 0 aliphatic rings. The number of amides is 1. The van der Waals surface area contributed by atoms with Crippen LogP contribution in [-0.4, -0.2) is 51.6 Å². The van der Waals surface area contributed by atoms with Crippen LogP contribution in [-0.2, 0) is 4.79 Å². The van der Waals surface area contributed by atoms with Crippen molar-refractivity contribution in [2.45, 2.75) is 12.8 Å². The lowest BCUT2D eigenvalue weighted by Gasteiger charge is -2.23. The number of nitrogens with zero attached hydrogens (tertiary/aromatic N) is 2. The van der Waals surface area contributed by atoms with Gasteiger partial charge in [0.15, 0.2) is 0 Å². The second-order valence-corrected chi connectivity index (χ2v) is 4.78. The van der Waals surface area contributed by atoms with Gasteiger partial charge in [-0.25, -0.2) is 0 Å². The van der Waals surface area contributed by atoms with E-state index in [9.17, 15) is 4.79 Å². The predicted octanol–water partition coefficient (Wildman–Crippen LogP) is 2.42. The van der Waals surface area contributed by atoms with Crippen LogP contribution in [0, 0.1) is 0 Å². The zero-order chi connectivity index (χ0) is 14.1. The summed E-state index contributed by atoms with van der Waals surface area (Å²) in [4.78, 5) is 15.8. The number of hydrogen-bond acceptors (Lipinski definition) is 3. The molecule has 0 unspecified atom stereocenters. The Hall–Kier alpha value is -0.970. The molecule has 1 amide bonds. The van der Waals surface area contributed by atoms with E-state index in [2.05, 4.69) is 29.4 Å². The highest BCUT2D eigenvalue weighted by molar-refractivity contribution is 5.85. The van der Waals surface area contributed by atoms with Crippen molar-refractivity contribution in [2.75, 3.05) is 45.7 Å². The van der Waals surface area contributed by atoms with Gasteiger partial charge in [-0.3, -0.25) is 4.79 Å². The van der Waals surface area contributed by atoms with Gasteiger partial charge in [0.25, 0.3) is 0 Å². The summed E-state index contributed by atoms with van der Waals surface area (Å²) in [5.74, 6) is 0.219. The first-order valence-corrected chi connectivity index (χ1v) is 6.80. The minimum absolute atomic E-state index is 0. The van der Waals surface area contributed by atoms with Crippen LogP contribution in [0.1, 0.15) is 12.8 Å². The van der Waals surface area contributed by atoms with Gasteiger partial charge in [0.2, 0.25) is 5.91 Å². The molecule has 0 atom stereocenters. The quantitative estimate of drug-likeness (QED) is 0.741. The van der Waals surface area contributed by atoms with Gasteiger partial charge in [0.05, 0.1) is 0 Å². The van der Waals surface area contributed by atoms with E-state index in [0.717, 1.165) is 26.1 Å². The van der Waals surface area contributed by atoms with Gasteiger partial charge in [-0.15, -0.1) is 24.8 Å². The average molecular weight is 336 g/mol. The molecule has 21 heavy (non-hydrogen) atoms. The summed E-state index contributed by atoms with van der Waals surface area (Å²) in [5, 5.41) is 3.05. The summed E-state index contributed by atoms with van der Waals surface area (Å²) in [6.45, 7) is 2.49. The minimum atomic E-state index is 0. The molecule has 1 aromatic rings. The molecular formula is C15H27Cl2N3O. The van der Waals surface area contributed by atoms with Gasteiger partial charge < -0.3 is 15.1 Å². The zero-order valence-corrected chi connectivity index (χ0v) is 14.7. The van der Waals surface area contributed by atoms with Crippen molar-refractivity contribution in [3.63, 3.8) is 0 Å². The molecule has 0 fully saturated rings. The van der Waals surface area contributed by atoms with Gasteiger partial charge in [0.1, 0.15) is 0 Å². The fourth-order valence-corrected chi connectivity index (χ4v) is 1.84. The molecule has 0 bridgehead atoms. The smallest absolute Gasteiger partial charge is 0.222 e. The maximum absolute atomic E-state index is 11.8. The molecule has 0 saturated carbocycles. The lowest BCUT2D eigenvalue weighted by atomic mass is 10.2. The number of anilines is 1. The average Bonchev–Trinajstić information content (AvgIpc) is 2.45. The highest BCUT2D eigenvalue weighted by Gasteiger charge is 2.09. The molecule has 0 aromatic heterocycles. The summed E-state index contributed by atoms with van der Waals surface area (Å²) in [6, 6.07) is 10.2. The van der Waals surface area contributed by atoms with Crippen LogP contribution in [0.5, 0.6) is 0 Å². The number of benzene rings is 1. The predicted molar refractivity (Wildman–Crippen MR) is 95.0 cm³/mol. The van der Waals surface area contributed by atoms with Crippen molar-refractivity contribution in [2.24, 2.45) is 0 Å². The first-order valence-electron chi connectivity index (χ1n) is 6.80. The maximum Gasteiger partial charge on any atom is 0.222 e. The Morgan fingerprint density at radius 2 is 1.71 bits per heavy atom. The number of nitrogens with one attached hydrogen (secondary N) is 1. The highest BCUT2D eigenvalue weighted by atomic mass is 35.5. The van der Waals surface area contributed by atoms with E-state index in [-0.39, 0.29) is 30.7 Å². The molecule has 122 valence electrons. The monoisotopic (exact) mass is 335 g/mol. The van der Waals surface area contributed by atoms with Crippen molar-refractivity contribution in [3.8, 4) is 0 Å². The largest absolute Gasteiger partial charge is 0.373 e.